The Labute approximate surface area is 158 Å². The summed E-state index contributed by atoms with van der Waals surface area (Å²) in [6.45, 7) is 0. The number of nitrogens with one attached hydrogen (secondary N) is 1. The zero-order valence-corrected chi connectivity index (χ0v) is 14.9. The van der Waals surface area contributed by atoms with Crippen LogP contribution in [0.25, 0.3) is 21.9 Å². The number of amides is 1. The van der Waals surface area contributed by atoms with Crippen molar-refractivity contribution in [2.75, 3.05) is 5.32 Å². The van der Waals surface area contributed by atoms with E-state index in [4.69, 9.17) is 16.0 Å². The normalized spacial score (nSPS) is 10.7. The first-order valence-corrected chi connectivity index (χ1v) is 8.94. The van der Waals surface area contributed by atoms with Gasteiger partial charge in [0, 0.05) is 5.56 Å². The number of rotatable bonds is 4. The SMILES string of the molecule is O=C(Nc1nnc(-c2ccc(Cl)s2)o1)c1ccc(-c2ccccc2)cc1. The Hall–Kier alpha value is -2.96. The summed E-state index contributed by atoms with van der Waals surface area (Å²) in [6.07, 6.45) is 0. The Morgan fingerprint density at radius 2 is 1.65 bits per heavy atom. The lowest BCUT2D eigenvalue weighted by molar-refractivity contribution is 0.102. The van der Waals surface area contributed by atoms with Gasteiger partial charge in [0.05, 0.1) is 9.21 Å². The monoisotopic (exact) mass is 381 g/mol. The fourth-order valence-electron chi connectivity index (χ4n) is 2.42. The van der Waals surface area contributed by atoms with E-state index in [0.717, 1.165) is 16.0 Å². The molecular weight excluding hydrogens is 370 g/mol. The fourth-order valence-corrected chi connectivity index (χ4v) is 3.38. The fraction of sp³-hybridized carbons (Fsp3) is 0. The molecule has 128 valence electrons. The largest absolute Gasteiger partial charge is 0.402 e. The lowest BCUT2D eigenvalue weighted by Gasteiger charge is -2.04. The summed E-state index contributed by atoms with van der Waals surface area (Å²) >= 11 is 7.22. The third-order valence-electron chi connectivity index (χ3n) is 3.68. The standard InChI is InChI=1S/C19H12ClN3O2S/c20-16-11-10-15(26-16)18-22-23-19(25-18)21-17(24)14-8-6-13(7-9-14)12-4-2-1-3-5-12/h1-11H,(H,21,23,24). The molecule has 0 saturated carbocycles. The molecule has 1 amide bonds. The quantitative estimate of drug-likeness (QED) is 0.516. The van der Waals surface area contributed by atoms with Crippen molar-refractivity contribution in [1.82, 2.24) is 10.2 Å². The topological polar surface area (TPSA) is 68.0 Å². The molecule has 5 nitrogen and oxygen atoms in total. The lowest BCUT2D eigenvalue weighted by atomic mass is 10.0. The van der Waals surface area contributed by atoms with Crippen LogP contribution in [0.4, 0.5) is 6.01 Å². The molecule has 2 aromatic heterocycles. The first-order valence-electron chi connectivity index (χ1n) is 7.75. The maximum absolute atomic E-state index is 12.4. The number of halogens is 1. The second-order valence-electron chi connectivity index (χ2n) is 5.41. The Kier molecular flexibility index (Phi) is 4.51. The first-order chi connectivity index (χ1) is 12.7. The number of carbonyl (C=O) groups excluding carboxylic acids is 1. The second-order valence-corrected chi connectivity index (χ2v) is 7.13. The zero-order chi connectivity index (χ0) is 17.9. The van der Waals surface area contributed by atoms with Gasteiger partial charge in [-0.1, -0.05) is 59.2 Å². The molecule has 4 rings (SSSR count). The summed E-state index contributed by atoms with van der Waals surface area (Å²) in [6, 6.07) is 20.9. The summed E-state index contributed by atoms with van der Waals surface area (Å²) in [5, 5.41) is 10.4. The minimum Gasteiger partial charge on any atom is -0.402 e. The van der Waals surface area contributed by atoms with Crippen molar-refractivity contribution in [2.45, 2.75) is 0 Å². The van der Waals surface area contributed by atoms with Crippen LogP contribution >= 0.6 is 22.9 Å². The molecule has 0 aliphatic rings. The third-order valence-corrected chi connectivity index (χ3v) is 4.90. The number of carbonyl (C=O) groups is 1. The number of benzene rings is 2. The highest BCUT2D eigenvalue weighted by atomic mass is 35.5. The molecule has 4 aromatic rings. The van der Waals surface area contributed by atoms with E-state index in [2.05, 4.69) is 15.5 Å². The van der Waals surface area contributed by atoms with Crippen LogP contribution in [0.3, 0.4) is 0 Å². The van der Waals surface area contributed by atoms with Crippen LogP contribution in [-0.4, -0.2) is 16.1 Å². The molecule has 2 heterocycles. The Balaban J connectivity index is 1.47. The van der Waals surface area contributed by atoms with Crippen LogP contribution in [0.1, 0.15) is 10.4 Å². The van der Waals surface area contributed by atoms with E-state index in [1.807, 2.05) is 42.5 Å². The third kappa shape index (κ3) is 3.51. The van der Waals surface area contributed by atoms with E-state index in [-0.39, 0.29) is 11.9 Å². The van der Waals surface area contributed by atoms with E-state index in [0.29, 0.717) is 15.8 Å². The molecule has 0 saturated heterocycles. The predicted molar refractivity (Wildman–Crippen MR) is 102 cm³/mol. The number of hydrogen-bond acceptors (Lipinski definition) is 5. The van der Waals surface area contributed by atoms with Crippen LogP contribution < -0.4 is 5.32 Å². The summed E-state index contributed by atoms with van der Waals surface area (Å²) in [4.78, 5) is 13.1. The molecule has 0 atom stereocenters. The van der Waals surface area contributed by atoms with E-state index in [9.17, 15) is 4.79 Å². The van der Waals surface area contributed by atoms with Crippen molar-refractivity contribution < 1.29 is 9.21 Å². The highest BCUT2D eigenvalue weighted by molar-refractivity contribution is 7.19. The molecule has 7 heteroatoms. The van der Waals surface area contributed by atoms with Gasteiger partial charge in [-0.15, -0.1) is 16.4 Å². The number of aromatic nitrogens is 2. The van der Waals surface area contributed by atoms with Crippen molar-refractivity contribution in [2.24, 2.45) is 0 Å². The van der Waals surface area contributed by atoms with Crippen molar-refractivity contribution in [3.63, 3.8) is 0 Å². The second kappa shape index (κ2) is 7.11. The van der Waals surface area contributed by atoms with Crippen LogP contribution in [0, 0.1) is 0 Å². The van der Waals surface area contributed by atoms with Gasteiger partial charge in [0.1, 0.15) is 0 Å². The number of nitrogens with zero attached hydrogens (tertiary/aromatic N) is 2. The number of hydrogen-bond donors (Lipinski definition) is 1. The highest BCUT2D eigenvalue weighted by Crippen LogP contribution is 2.30. The molecule has 0 unspecified atom stereocenters. The van der Waals surface area contributed by atoms with Gasteiger partial charge in [0.2, 0.25) is 0 Å². The number of thiophene rings is 1. The van der Waals surface area contributed by atoms with E-state index in [1.165, 1.54) is 11.3 Å². The summed E-state index contributed by atoms with van der Waals surface area (Å²) < 4.78 is 6.09. The lowest BCUT2D eigenvalue weighted by Crippen LogP contribution is -2.11. The summed E-state index contributed by atoms with van der Waals surface area (Å²) in [7, 11) is 0. The summed E-state index contributed by atoms with van der Waals surface area (Å²) in [5.74, 6) is 0.000601. The average molecular weight is 382 g/mol. The van der Waals surface area contributed by atoms with Gasteiger partial charge in [-0.3, -0.25) is 10.1 Å². The zero-order valence-electron chi connectivity index (χ0n) is 13.3. The van der Waals surface area contributed by atoms with E-state index < -0.39 is 0 Å². The predicted octanol–water partition coefficient (Wildman–Crippen LogP) is 5.37. The van der Waals surface area contributed by atoms with Crippen molar-refractivity contribution in [3.8, 4) is 21.9 Å². The van der Waals surface area contributed by atoms with Crippen LogP contribution in [0.2, 0.25) is 4.34 Å². The molecule has 26 heavy (non-hydrogen) atoms. The maximum Gasteiger partial charge on any atom is 0.322 e. The van der Waals surface area contributed by atoms with E-state index >= 15 is 0 Å². The van der Waals surface area contributed by atoms with Crippen molar-refractivity contribution in [1.29, 1.82) is 0 Å². The highest BCUT2D eigenvalue weighted by Gasteiger charge is 2.14. The molecule has 1 N–H and O–H groups in total. The van der Waals surface area contributed by atoms with Gasteiger partial charge in [-0.05, 0) is 35.4 Å². The number of anilines is 1. The van der Waals surface area contributed by atoms with Gasteiger partial charge < -0.3 is 4.42 Å². The van der Waals surface area contributed by atoms with Gasteiger partial charge in [-0.25, -0.2) is 0 Å². The first kappa shape index (κ1) is 16.5. The van der Waals surface area contributed by atoms with Crippen LogP contribution in [0.5, 0.6) is 0 Å². The summed E-state index contributed by atoms with van der Waals surface area (Å²) in [5.41, 5.74) is 2.64. The molecule has 2 aromatic carbocycles. The van der Waals surface area contributed by atoms with Gasteiger partial charge in [-0.2, -0.15) is 0 Å². The average Bonchev–Trinajstić information content (AvgIpc) is 3.31. The smallest absolute Gasteiger partial charge is 0.322 e. The van der Waals surface area contributed by atoms with Crippen LogP contribution in [0.15, 0.2) is 71.1 Å². The molecule has 0 spiro atoms. The molecule has 0 aliphatic heterocycles. The van der Waals surface area contributed by atoms with Crippen molar-refractivity contribution >= 4 is 34.9 Å². The van der Waals surface area contributed by atoms with Gasteiger partial charge in [0.25, 0.3) is 11.8 Å². The van der Waals surface area contributed by atoms with Gasteiger partial charge in [0.15, 0.2) is 0 Å². The van der Waals surface area contributed by atoms with Crippen molar-refractivity contribution in [3.05, 3.63) is 76.6 Å². The molecule has 0 bridgehead atoms. The maximum atomic E-state index is 12.4. The van der Waals surface area contributed by atoms with Crippen LogP contribution in [-0.2, 0) is 0 Å². The Morgan fingerprint density at radius 3 is 2.35 bits per heavy atom. The minimum absolute atomic E-state index is 0.0432. The Bertz CT molecular complexity index is 1040. The Morgan fingerprint density at radius 1 is 0.923 bits per heavy atom. The molecule has 0 radical (unpaired) electrons. The van der Waals surface area contributed by atoms with E-state index in [1.54, 1.807) is 24.3 Å². The molecule has 0 aliphatic carbocycles. The minimum atomic E-state index is -0.316. The molecule has 0 fully saturated rings. The molecular formula is C19H12ClN3O2S. The van der Waals surface area contributed by atoms with Gasteiger partial charge >= 0.3 is 6.01 Å².